The fraction of sp³-hybridized carbons (Fsp3) is 0.571. The van der Waals surface area contributed by atoms with Crippen molar-refractivity contribution >= 4 is 23.1 Å². The summed E-state index contributed by atoms with van der Waals surface area (Å²) in [6.45, 7) is 9.38. The Labute approximate surface area is 179 Å². The van der Waals surface area contributed by atoms with Crippen molar-refractivity contribution in [2.24, 2.45) is 10.8 Å². The Morgan fingerprint density at radius 1 is 1.10 bits per heavy atom. The van der Waals surface area contributed by atoms with Gasteiger partial charge in [-0.2, -0.15) is 0 Å². The van der Waals surface area contributed by atoms with E-state index < -0.39 is 40.7 Å². The number of esters is 2. The maximum Gasteiger partial charge on any atom is 0.335 e. The minimum atomic E-state index is -1.15. The highest BCUT2D eigenvalue weighted by atomic mass is 16.5. The molecule has 0 saturated heterocycles. The molecule has 31 heavy (non-hydrogen) atoms. The molecule has 2 aromatic heterocycles. The molecule has 0 radical (unpaired) electrons. The zero-order chi connectivity index (χ0) is 23.6. The minimum Gasteiger partial charge on any atom is -0.469 e. The molecule has 2 heterocycles. The third-order valence-electron chi connectivity index (χ3n) is 4.64. The molecule has 2 rings (SSSR count). The van der Waals surface area contributed by atoms with Crippen LogP contribution in [0.3, 0.4) is 0 Å². The van der Waals surface area contributed by atoms with Crippen LogP contribution in [0.2, 0.25) is 0 Å². The molecule has 10 heteroatoms. The fourth-order valence-corrected chi connectivity index (χ4v) is 2.85. The number of imidazole rings is 1. The molecule has 0 aromatic carbocycles. The van der Waals surface area contributed by atoms with Crippen LogP contribution in [-0.2, 0) is 38.9 Å². The van der Waals surface area contributed by atoms with Gasteiger partial charge in [-0.3, -0.25) is 19.0 Å². The maximum atomic E-state index is 13.2. The van der Waals surface area contributed by atoms with E-state index in [2.05, 4.69) is 16.8 Å². The van der Waals surface area contributed by atoms with Crippen LogP contribution in [-0.4, -0.2) is 37.7 Å². The van der Waals surface area contributed by atoms with Gasteiger partial charge in [-0.15, -0.1) is 5.92 Å². The van der Waals surface area contributed by atoms with Crippen molar-refractivity contribution in [3.8, 4) is 11.8 Å². The number of methoxy groups -OCH3 is 1. The summed E-state index contributed by atoms with van der Waals surface area (Å²) in [5.41, 5.74) is -3.11. The molecule has 0 amide bonds. The Morgan fingerprint density at radius 3 is 2.29 bits per heavy atom. The monoisotopic (exact) mass is 432 g/mol. The molecule has 0 aliphatic rings. The SMILES string of the molecule is CC#CCn1cnc2c1c(=O)n(CC(C)(C)C(=O)OC)c(=O)n2COC(=O)C(C)(C)C. The third-order valence-corrected chi connectivity index (χ3v) is 4.64. The second-order valence-electron chi connectivity index (χ2n) is 8.76. The quantitative estimate of drug-likeness (QED) is 0.496. The second kappa shape index (κ2) is 8.79. The summed E-state index contributed by atoms with van der Waals surface area (Å²) in [7, 11) is 1.23. The van der Waals surface area contributed by atoms with Gasteiger partial charge in [0.05, 0.1) is 30.8 Å². The van der Waals surface area contributed by atoms with Gasteiger partial charge in [0.2, 0.25) is 0 Å². The maximum absolute atomic E-state index is 13.2. The number of hydrogen-bond donors (Lipinski definition) is 0. The van der Waals surface area contributed by atoms with Crippen LogP contribution >= 0.6 is 0 Å². The van der Waals surface area contributed by atoms with E-state index in [1.807, 2.05) is 0 Å². The Bertz CT molecular complexity index is 1180. The zero-order valence-electron chi connectivity index (χ0n) is 18.9. The van der Waals surface area contributed by atoms with Crippen LogP contribution in [0.4, 0.5) is 0 Å². The number of rotatable bonds is 6. The largest absolute Gasteiger partial charge is 0.469 e. The van der Waals surface area contributed by atoms with Crippen LogP contribution in [0.15, 0.2) is 15.9 Å². The first kappa shape index (κ1) is 23.9. The van der Waals surface area contributed by atoms with E-state index in [1.165, 1.54) is 18.0 Å². The lowest BCUT2D eigenvalue weighted by atomic mass is 9.93. The van der Waals surface area contributed by atoms with Gasteiger partial charge in [0.25, 0.3) is 5.56 Å². The van der Waals surface area contributed by atoms with Gasteiger partial charge < -0.3 is 14.0 Å². The number of nitrogens with zero attached hydrogens (tertiary/aromatic N) is 4. The molecular formula is C21H28N4O6. The van der Waals surface area contributed by atoms with Gasteiger partial charge in [-0.25, -0.2) is 14.3 Å². The summed E-state index contributed by atoms with van der Waals surface area (Å²) in [4.78, 5) is 55.0. The van der Waals surface area contributed by atoms with Crippen molar-refractivity contribution in [3.05, 3.63) is 27.2 Å². The Balaban J connectivity index is 2.71. The van der Waals surface area contributed by atoms with E-state index >= 15 is 0 Å². The zero-order valence-corrected chi connectivity index (χ0v) is 18.9. The van der Waals surface area contributed by atoms with E-state index in [1.54, 1.807) is 41.5 Å². The predicted octanol–water partition coefficient (Wildman–Crippen LogP) is 1.13. The Kier molecular flexibility index (Phi) is 6.79. The minimum absolute atomic E-state index is 0.0711. The molecule has 0 atom stereocenters. The van der Waals surface area contributed by atoms with Crippen LogP contribution in [0.5, 0.6) is 0 Å². The lowest BCUT2D eigenvalue weighted by molar-refractivity contribution is -0.157. The third kappa shape index (κ3) is 4.87. The van der Waals surface area contributed by atoms with E-state index in [-0.39, 0.29) is 24.3 Å². The fourth-order valence-electron chi connectivity index (χ4n) is 2.85. The van der Waals surface area contributed by atoms with E-state index in [9.17, 15) is 19.2 Å². The van der Waals surface area contributed by atoms with Crippen molar-refractivity contribution in [2.75, 3.05) is 7.11 Å². The van der Waals surface area contributed by atoms with Crippen molar-refractivity contribution < 1.29 is 19.1 Å². The Morgan fingerprint density at radius 2 is 1.74 bits per heavy atom. The molecule has 168 valence electrons. The summed E-state index contributed by atoms with van der Waals surface area (Å²) >= 11 is 0. The summed E-state index contributed by atoms with van der Waals surface area (Å²) in [6.07, 6.45) is 1.40. The molecular weight excluding hydrogens is 404 g/mol. The molecule has 0 fully saturated rings. The highest BCUT2D eigenvalue weighted by molar-refractivity contribution is 5.76. The van der Waals surface area contributed by atoms with Gasteiger partial charge >= 0.3 is 17.6 Å². The predicted molar refractivity (Wildman–Crippen MR) is 113 cm³/mol. The molecule has 2 aromatic rings. The molecule has 0 spiro atoms. The molecule has 0 aliphatic heterocycles. The normalized spacial score (nSPS) is 11.7. The summed E-state index contributed by atoms with van der Waals surface area (Å²) < 4.78 is 13.6. The number of carbonyl (C=O) groups excluding carboxylic acids is 2. The van der Waals surface area contributed by atoms with Crippen LogP contribution < -0.4 is 11.2 Å². The first-order chi connectivity index (χ1) is 14.3. The molecule has 0 N–H and O–H groups in total. The van der Waals surface area contributed by atoms with Crippen molar-refractivity contribution in [2.45, 2.75) is 61.4 Å². The van der Waals surface area contributed by atoms with Crippen molar-refractivity contribution in [1.82, 2.24) is 18.7 Å². The van der Waals surface area contributed by atoms with Crippen molar-refractivity contribution in [1.29, 1.82) is 0 Å². The summed E-state index contributed by atoms with van der Waals surface area (Å²) in [6, 6.07) is 0. The number of hydrogen-bond acceptors (Lipinski definition) is 7. The summed E-state index contributed by atoms with van der Waals surface area (Å²) in [5, 5.41) is 0. The molecule has 0 aliphatic carbocycles. The lowest BCUT2D eigenvalue weighted by Crippen LogP contribution is -2.46. The highest BCUT2D eigenvalue weighted by Crippen LogP contribution is 2.19. The molecule has 0 bridgehead atoms. The van der Waals surface area contributed by atoms with Gasteiger partial charge in [-0.05, 0) is 41.5 Å². The second-order valence-corrected chi connectivity index (χ2v) is 8.76. The lowest BCUT2D eigenvalue weighted by Gasteiger charge is -2.23. The average Bonchev–Trinajstić information content (AvgIpc) is 3.11. The number of aromatic nitrogens is 4. The van der Waals surface area contributed by atoms with Gasteiger partial charge in [0, 0.05) is 6.54 Å². The standard InChI is InChI=1S/C21H28N4O6/c1-8-9-10-23-12-22-15-14(23)16(26)24(11-21(5,6)18(28)30-7)19(29)25(15)13-31-17(27)20(2,3)4/h12H,10-11,13H2,1-7H3. The van der Waals surface area contributed by atoms with Crippen molar-refractivity contribution in [3.63, 3.8) is 0 Å². The van der Waals surface area contributed by atoms with Gasteiger partial charge in [0.15, 0.2) is 17.9 Å². The van der Waals surface area contributed by atoms with Gasteiger partial charge in [0.1, 0.15) is 0 Å². The molecule has 0 unspecified atom stereocenters. The first-order valence-corrected chi connectivity index (χ1v) is 9.69. The molecule has 0 saturated carbocycles. The number of carbonyl (C=O) groups is 2. The number of fused-ring (bicyclic) bond motifs is 1. The Hall–Kier alpha value is -3.35. The smallest absolute Gasteiger partial charge is 0.335 e. The van der Waals surface area contributed by atoms with E-state index in [0.717, 1.165) is 9.13 Å². The van der Waals surface area contributed by atoms with E-state index in [4.69, 9.17) is 9.47 Å². The topological polar surface area (TPSA) is 114 Å². The first-order valence-electron chi connectivity index (χ1n) is 9.69. The number of ether oxygens (including phenoxy) is 2. The van der Waals surface area contributed by atoms with Crippen LogP contribution in [0.25, 0.3) is 11.2 Å². The van der Waals surface area contributed by atoms with Gasteiger partial charge in [-0.1, -0.05) is 5.92 Å². The summed E-state index contributed by atoms with van der Waals surface area (Å²) in [5.74, 6) is 4.50. The average molecular weight is 432 g/mol. The van der Waals surface area contributed by atoms with Crippen LogP contribution in [0, 0.1) is 22.7 Å². The molecule has 10 nitrogen and oxygen atoms in total. The van der Waals surface area contributed by atoms with Crippen LogP contribution in [0.1, 0.15) is 41.5 Å². The highest BCUT2D eigenvalue weighted by Gasteiger charge is 2.32. The van der Waals surface area contributed by atoms with E-state index in [0.29, 0.717) is 0 Å².